The van der Waals surface area contributed by atoms with E-state index in [-0.39, 0.29) is 0 Å². The predicted octanol–water partition coefficient (Wildman–Crippen LogP) is 2.47. The van der Waals surface area contributed by atoms with Gasteiger partial charge in [-0.1, -0.05) is 18.9 Å². The van der Waals surface area contributed by atoms with Crippen molar-refractivity contribution in [3.05, 3.63) is 53.3 Å². The number of nitrogens with zero attached hydrogens (tertiary/aromatic N) is 1. The smallest absolute Gasteiger partial charge is 0.132 e. The first kappa shape index (κ1) is 13.0. The Labute approximate surface area is 113 Å². The van der Waals surface area contributed by atoms with Gasteiger partial charge in [0.25, 0.3) is 0 Å². The number of hydrogen-bond acceptors (Lipinski definition) is 2. The number of anilines is 1. The number of hydrogen-bond donors (Lipinski definition) is 2. The molecule has 1 aromatic carbocycles. The highest BCUT2D eigenvalue weighted by molar-refractivity contribution is 6.05. The Kier molecular flexibility index (Phi) is 4.04. The average Bonchev–Trinajstić information content (AvgIpc) is 2.81. The van der Waals surface area contributed by atoms with E-state index in [9.17, 15) is 0 Å². The third-order valence-corrected chi connectivity index (χ3v) is 2.73. The predicted molar refractivity (Wildman–Crippen MR) is 80.7 cm³/mol. The van der Waals surface area contributed by atoms with Crippen molar-refractivity contribution < 1.29 is 0 Å². The molecule has 0 amide bonds. The molecule has 1 aliphatic heterocycles. The lowest BCUT2D eigenvalue weighted by Crippen LogP contribution is -2.16. The van der Waals surface area contributed by atoms with E-state index in [1.165, 1.54) is 0 Å². The highest BCUT2D eigenvalue weighted by atomic mass is 15.0. The highest BCUT2D eigenvalue weighted by Crippen LogP contribution is 2.12. The van der Waals surface area contributed by atoms with Gasteiger partial charge >= 0.3 is 0 Å². The maximum atomic E-state index is 5.64. The molecule has 3 nitrogen and oxygen atoms in total. The van der Waals surface area contributed by atoms with Crippen LogP contribution in [0.25, 0.3) is 0 Å². The highest BCUT2D eigenvalue weighted by Gasteiger charge is 2.12. The largest absolute Gasteiger partial charge is 0.399 e. The minimum Gasteiger partial charge on any atom is -0.399 e. The molecule has 0 atom stereocenters. The molecule has 2 rings (SSSR count). The molecule has 0 radical (unpaired) electrons. The number of aliphatic imine (C=N–C) groups is 1. The molecule has 0 saturated carbocycles. The summed E-state index contributed by atoms with van der Waals surface area (Å²) >= 11 is 0. The molecule has 0 saturated heterocycles. The van der Waals surface area contributed by atoms with Crippen LogP contribution < -0.4 is 11.1 Å². The summed E-state index contributed by atoms with van der Waals surface area (Å²) in [6, 6.07) is 7.52. The Morgan fingerprint density at radius 2 is 2.00 bits per heavy atom. The molecule has 96 valence electrons. The topological polar surface area (TPSA) is 50.4 Å². The normalized spacial score (nSPS) is 17.9. The zero-order valence-electron chi connectivity index (χ0n) is 11.2. The number of allylic oxidation sites excluding steroid dienone is 2. The van der Waals surface area contributed by atoms with Crippen LogP contribution in [0.2, 0.25) is 0 Å². The van der Waals surface area contributed by atoms with Gasteiger partial charge in [-0.05, 0) is 42.7 Å². The second-order valence-corrected chi connectivity index (χ2v) is 4.19. The molecule has 0 aromatic heterocycles. The summed E-state index contributed by atoms with van der Waals surface area (Å²) < 4.78 is 0. The van der Waals surface area contributed by atoms with Gasteiger partial charge in [0.15, 0.2) is 0 Å². The summed E-state index contributed by atoms with van der Waals surface area (Å²) in [5.74, 6) is 7.09. The first-order chi connectivity index (χ1) is 9.22. The van der Waals surface area contributed by atoms with E-state index in [2.05, 4.69) is 35.1 Å². The van der Waals surface area contributed by atoms with E-state index in [1.54, 1.807) is 7.05 Å². The number of amidine groups is 1. The van der Waals surface area contributed by atoms with Crippen LogP contribution in [-0.4, -0.2) is 12.9 Å². The van der Waals surface area contributed by atoms with Crippen molar-refractivity contribution in [1.29, 1.82) is 0 Å². The molecule has 3 N–H and O–H groups in total. The van der Waals surface area contributed by atoms with Crippen molar-refractivity contribution in [3.63, 3.8) is 0 Å². The Morgan fingerprint density at radius 1 is 1.26 bits per heavy atom. The third kappa shape index (κ3) is 3.26. The summed E-state index contributed by atoms with van der Waals surface area (Å²) in [6.07, 6.45) is 5.13. The van der Waals surface area contributed by atoms with E-state index < -0.39 is 0 Å². The third-order valence-electron chi connectivity index (χ3n) is 2.73. The molecule has 3 heteroatoms. The minimum atomic E-state index is 0.748. The van der Waals surface area contributed by atoms with Crippen molar-refractivity contribution in [2.45, 2.75) is 13.3 Å². The van der Waals surface area contributed by atoms with Gasteiger partial charge in [0.1, 0.15) is 5.84 Å². The summed E-state index contributed by atoms with van der Waals surface area (Å²) in [5, 5.41) is 3.20. The molecule has 1 heterocycles. The number of rotatable bonds is 1. The molecular formula is C16H17N3. The van der Waals surface area contributed by atoms with Gasteiger partial charge in [-0.25, -0.2) is 0 Å². The minimum absolute atomic E-state index is 0.748. The van der Waals surface area contributed by atoms with Gasteiger partial charge in [0.05, 0.1) is 5.70 Å². The maximum absolute atomic E-state index is 5.64. The van der Waals surface area contributed by atoms with Crippen LogP contribution in [0.3, 0.4) is 0 Å². The van der Waals surface area contributed by atoms with Gasteiger partial charge in [-0.15, -0.1) is 0 Å². The zero-order chi connectivity index (χ0) is 13.7. The molecule has 0 unspecified atom stereocenters. The van der Waals surface area contributed by atoms with Crippen LogP contribution in [0.1, 0.15) is 18.9 Å². The molecule has 19 heavy (non-hydrogen) atoms. The molecule has 0 bridgehead atoms. The fourth-order valence-corrected chi connectivity index (χ4v) is 1.79. The molecule has 0 spiro atoms. The van der Waals surface area contributed by atoms with Crippen molar-refractivity contribution in [2.24, 2.45) is 4.99 Å². The lowest BCUT2D eigenvalue weighted by molar-refractivity contribution is 1.20. The van der Waals surface area contributed by atoms with Crippen LogP contribution in [0.4, 0.5) is 5.69 Å². The molecule has 0 aliphatic carbocycles. The van der Waals surface area contributed by atoms with Gasteiger partial charge in [0, 0.05) is 23.9 Å². The van der Waals surface area contributed by atoms with E-state index in [1.807, 2.05) is 30.3 Å². The molecular weight excluding hydrogens is 234 g/mol. The summed E-state index contributed by atoms with van der Waals surface area (Å²) in [6.45, 7) is 2.10. The van der Waals surface area contributed by atoms with Gasteiger partial charge in [-0.3, -0.25) is 4.99 Å². The van der Waals surface area contributed by atoms with Gasteiger partial charge in [-0.2, -0.15) is 0 Å². The van der Waals surface area contributed by atoms with Crippen LogP contribution in [-0.2, 0) is 0 Å². The molecule has 0 fully saturated rings. The Bertz CT molecular complexity index is 608. The average molecular weight is 251 g/mol. The summed E-state index contributed by atoms with van der Waals surface area (Å²) in [4.78, 5) is 4.21. The van der Waals surface area contributed by atoms with Crippen LogP contribution in [0.5, 0.6) is 0 Å². The van der Waals surface area contributed by atoms with Crippen molar-refractivity contribution in [3.8, 4) is 11.8 Å². The first-order valence-corrected chi connectivity index (χ1v) is 6.26. The van der Waals surface area contributed by atoms with Gasteiger partial charge in [0.2, 0.25) is 0 Å². The number of benzene rings is 1. The Morgan fingerprint density at radius 3 is 2.63 bits per heavy atom. The van der Waals surface area contributed by atoms with Crippen LogP contribution in [0, 0.1) is 11.8 Å². The van der Waals surface area contributed by atoms with Crippen molar-refractivity contribution in [2.75, 3.05) is 12.8 Å². The molecule has 1 aliphatic rings. The Hall–Kier alpha value is -2.47. The zero-order valence-corrected chi connectivity index (χ0v) is 11.2. The quantitative estimate of drug-likeness (QED) is 0.595. The summed E-state index contributed by atoms with van der Waals surface area (Å²) in [5.41, 5.74) is 9.31. The maximum Gasteiger partial charge on any atom is 0.132 e. The fraction of sp³-hybridized carbons (Fsp3) is 0.188. The number of nitrogens with two attached hydrogens (primary N) is 1. The van der Waals surface area contributed by atoms with E-state index in [0.29, 0.717) is 0 Å². The van der Waals surface area contributed by atoms with Crippen molar-refractivity contribution >= 4 is 11.5 Å². The number of nitrogen functional groups attached to an aromatic ring is 1. The van der Waals surface area contributed by atoms with E-state index in [0.717, 1.165) is 34.8 Å². The lowest BCUT2D eigenvalue weighted by Gasteiger charge is -1.98. The van der Waals surface area contributed by atoms with E-state index in [4.69, 9.17) is 5.73 Å². The van der Waals surface area contributed by atoms with Gasteiger partial charge < -0.3 is 11.1 Å². The SMILES string of the molecule is CC/C=C1/C=C(C#Cc2ccc(N)cc2)NC1=NC. The first-order valence-electron chi connectivity index (χ1n) is 6.26. The lowest BCUT2D eigenvalue weighted by atomic mass is 10.2. The second kappa shape index (κ2) is 5.92. The number of nitrogens with one attached hydrogen (secondary N) is 1. The van der Waals surface area contributed by atoms with Crippen LogP contribution >= 0.6 is 0 Å². The Balaban J connectivity index is 2.19. The summed E-state index contributed by atoms with van der Waals surface area (Å²) in [7, 11) is 1.77. The van der Waals surface area contributed by atoms with Crippen LogP contribution in [0.15, 0.2) is 52.7 Å². The monoisotopic (exact) mass is 251 g/mol. The second-order valence-electron chi connectivity index (χ2n) is 4.19. The fourth-order valence-electron chi connectivity index (χ4n) is 1.79. The standard InChI is InChI=1S/C16H17N3/c1-3-4-13-11-15(19-16(13)18-2)10-7-12-5-8-14(17)9-6-12/h4-6,8-9,11H,3,17H2,1-2H3,(H,18,19)/b13-4-. The van der Waals surface area contributed by atoms with E-state index >= 15 is 0 Å². The van der Waals surface area contributed by atoms with Crippen molar-refractivity contribution in [1.82, 2.24) is 5.32 Å². The molecule has 1 aromatic rings.